The van der Waals surface area contributed by atoms with Crippen molar-refractivity contribution in [1.29, 1.82) is 0 Å². The Labute approximate surface area is 183 Å². The minimum atomic E-state index is -1.62. The first kappa shape index (κ1) is 20.0. The molecule has 2 amide bonds. The van der Waals surface area contributed by atoms with E-state index in [9.17, 15) is 9.59 Å². The van der Waals surface area contributed by atoms with E-state index in [1.165, 1.54) is 6.42 Å². The van der Waals surface area contributed by atoms with Crippen LogP contribution >= 0.6 is 19.5 Å². The van der Waals surface area contributed by atoms with Crippen LogP contribution in [0, 0.1) is 11.8 Å². The van der Waals surface area contributed by atoms with Crippen LogP contribution in [0.2, 0.25) is 0 Å². The number of rotatable bonds is 5. The van der Waals surface area contributed by atoms with Gasteiger partial charge in [0.2, 0.25) is 0 Å². The zero-order valence-electron chi connectivity index (χ0n) is 16.8. The molecule has 2 atom stereocenters. The van der Waals surface area contributed by atoms with Crippen LogP contribution in [0.15, 0.2) is 60.7 Å². The summed E-state index contributed by atoms with van der Waals surface area (Å²) in [6.07, 6.45) is 5.89. The molecule has 6 rings (SSSR count). The van der Waals surface area contributed by atoms with Crippen molar-refractivity contribution in [1.82, 2.24) is 0 Å². The van der Waals surface area contributed by atoms with Gasteiger partial charge >= 0.3 is 0 Å². The molecule has 0 spiro atoms. The number of alkyl halides is 1. The molecule has 2 N–H and O–H groups in total. The summed E-state index contributed by atoms with van der Waals surface area (Å²) < 4.78 is 0. The lowest BCUT2D eigenvalue weighted by molar-refractivity contribution is 0.0518. The molecular weight excluding hydrogens is 415 g/mol. The molecule has 0 heterocycles. The number of nitrogens with one attached hydrogen (secondary N) is 2. The normalized spacial score (nSPS) is 31.5. The van der Waals surface area contributed by atoms with Gasteiger partial charge < -0.3 is 10.6 Å². The number of hydrogen-bond donors (Lipinski definition) is 2. The standard InChI is InChI=1S/C24H26ClN2O2P/c25-23-12-17-11-18(13-23)15-24(14-17,16-23)30(21(28)26-19-7-3-1-4-8-19)22(29)27-20-9-5-2-6-10-20/h1-10,17-18H,11-16H2,(H,26,28)(H,27,29)/t17-,18-,23?,24?/m0/s1. The Morgan fingerprint density at radius 2 is 1.27 bits per heavy atom. The van der Waals surface area contributed by atoms with E-state index in [1.54, 1.807) is 0 Å². The van der Waals surface area contributed by atoms with E-state index in [2.05, 4.69) is 10.6 Å². The van der Waals surface area contributed by atoms with Gasteiger partial charge in [-0.05, 0) is 74.6 Å². The molecule has 0 radical (unpaired) electrons. The zero-order chi connectivity index (χ0) is 20.8. The van der Waals surface area contributed by atoms with E-state index in [0.29, 0.717) is 11.8 Å². The number of carbonyl (C=O) groups is 2. The summed E-state index contributed by atoms with van der Waals surface area (Å²) in [5.74, 6) is 1.06. The lowest BCUT2D eigenvalue weighted by atomic mass is 9.55. The molecule has 4 aliphatic carbocycles. The molecule has 0 saturated heterocycles. The minimum absolute atomic E-state index is 0.160. The van der Waals surface area contributed by atoms with Crippen molar-refractivity contribution < 1.29 is 9.59 Å². The fraction of sp³-hybridized carbons (Fsp3) is 0.417. The lowest BCUT2D eigenvalue weighted by Gasteiger charge is -2.61. The molecule has 4 aliphatic rings. The van der Waals surface area contributed by atoms with E-state index in [0.717, 1.165) is 43.5 Å². The van der Waals surface area contributed by atoms with Crippen LogP contribution in [0.1, 0.15) is 38.5 Å². The molecule has 4 saturated carbocycles. The molecule has 30 heavy (non-hydrogen) atoms. The fourth-order valence-electron chi connectivity index (χ4n) is 6.29. The fourth-order valence-corrected chi connectivity index (χ4v) is 9.95. The van der Waals surface area contributed by atoms with Crippen molar-refractivity contribution in [3.63, 3.8) is 0 Å². The van der Waals surface area contributed by atoms with Crippen LogP contribution in [-0.4, -0.2) is 21.3 Å². The van der Waals surface area contributed by atoms with Gasteiger partial charge in [0.05, 0.1) is 7.92 Å². The molecule has 2 aromatic carbocycles. The van der Waals surface area contributed by atoms with Crippen LogP contribution in [0.25, 0.3) is 0 Å². The second kappa shape index (κ2) is 7.66. The molecule has 0 aliphatic heterocycles. The highest BCUT2D eigenvalue weighted by atomic mass is 35.5. The largest absolute Gasteiger partial charge is 0.322 e. The number of carbonyl (C=O) groups excluding carboxylic acids is 2. The molecule has 4 bridgehead atoms. The number of benzene rings is 2. The zero-order valence-corrected chi connectivity index (χ0v) is 18.5. The number of hydrogen-bond acceptors (Lipinski definition) is 2. The van der Waals surface area contributed by atoms with Crippen molar-refractivity contribution in [3.05, 3.63) is 60.7 Å². The van der Waals surface area contributed by atoms with Gasteiger partial charge in [-0.3, -0.25) is 9.59 Å². The number of para-hydroxylation sites is 2. The second-order valence-electron chi connectivity index (χ2n) is 9.26. The Morgan fingerprint density at radius 3 is 1.70 bits per heavy atom. The summed E-state index contributed by atoms with van der Waals surface area (Å²) in [7, 11) is -1.62. The average Bonchev–Trinajstić information content (AvgIpc) is 2.67. The van der Waals surface area contributed by atoms with Crippen molar-refractivity contribution in [2.45, 2.75) is 48.6 Å². The molecule has 4 nitrogen and oxygen atoms in total. The first-order valence-corrected chi connectivity index (χ1v) is 12.4. The molecule has 0 unspecified atom stereocenters. The third kappa shape index (κ3) is 3.76. The van der Waals surface area contributed by atoms with Gasteiger partial charge in [-0.15, -0.1) is 11.6 Å². The van der Waals surface area contributed by atoms with Crippen LogP contribution in [-0.2, 0) is 0 Å². The molecule has 6 heteroatoms. The van der Waals surface area contributed by atoms with Gasteiger partial charge in [0.1, 0.15) is 0 Å². The quantitative estimate of drug-likeness (QED) is 0.379. The summed E-state index contributed by atoms with van der Waals surface area (Å²) in [4.78, 5) is 26.9. The third-order valence-corrected chi connectivity index (χ3v) is 9.84. The van der Waals surface area contributed by atoms with Gasteiger partial charge in [-0.1, -0.05) is 36.4 Å². The van der Waals surface area contributed by atoms with Crippen molar-refractivity contribution in [2.24, 2.45) is 11.8 Å². The predicted molar refractivity (Wildman–Crippen MR) is 124 cm³/mol. The summed E-state index contributed by atoms with van der Waals surface area (Å²) >= 11 is 7.04. The molecule has 2 aromatic rings. The van der Waals surface area contributed by atoms with E-state index in [1.807, 2.05) is 60.7 Å². The van der Waals surface area contributed by atoms with Gasteiger partial charge in [0, 0.05) is 21.4 Å². The highest BCUT2D eigenvalue weighted by molar-refractivity contribution is 7.90. The Hall–Kier alpha value is -1.90. The minimum Gasteiger partial charge on any atom is -0.322 e. The van der Waals surface area contributed by atoms with Crippen molar-refractivity contribution >= 4 is 42.2 Å². The maximum absolute atomic E-state index is 13.6. The van der Waals surface area contributed by atoms with Crippen molar-refractivity contribution in [3.8, 4) is 0 Å². The van der Waals surface area contributed by atoms with Gasteiger partial charge in [-0.2, -0.15) is 0 Å². The number of anilines is 2. The summed E-state index contributed by atoms with van der Waals surface area (Å²) in [6.45, 7) is 0. The summed E-state index contributed by atoms with van der Waals surface area (Å²) in [6, 6.07) is 18.8. The summed E-state index contributed by atoms with van der Waals surface area (Å²) in [5, 5.41) is 5.76. The van der Waals surface area contributed by atoms with E-state index in [-0.39, 0.29) is 21.3 Å². The first-order valence-electron chi connectivity index (χ1n) is 10.7. The second-order valence-corrected chi connectivity index (χ2v) is 12.5. The van der Waals surface area contributed by atoms with Crippen molar-refractivity contribution in [2.75, 3.05) is 10.6 Å². The molecule has 156 valence electrons. The summed E-state index contributed by atoms with van der Waals surface area (Å²) in [5.41, 5.74) is 1.14. The Kier molecular flexibility index (Phi) is 5.11. The first-order chi connectivity index (χ1) is 14.4. The highest BCUT2D eigenvalue weighted by Gasteiger charge is 2.62. The van der Waals surface area contributed by atoms with Crippen LogP contribution in [0.4, 0.5) is 21.0 Å². The SMILES string of the molecule is O=C(Nc1ccccc1)P(C(=O)Nc1ccccc1)C12C[C@H]3C[C@@H](CC(Cl)(C3)C1)C2. The monoisotopic (exact) mass is 440 g/mol. The Morgan fingerprint density at radius 1 is 0.800 bits per heavy atom. The van der Waals surface area contributed by atoms with Gasteiger partial charge in [-0.25, -0.2) is 0 Å². The average molecular weight is 441 g/mol. The number of amides is 2. The van der Waals surface area contributed by atoms with Crippen LogP contribution in [0.5, 0.6) is 0 Å². The predicted octanol–water partition coefficient (Wildman–Crippen LogP) is 7.26. The lowest BCUT2D eigenvalue weighted by Crippen LogP contribution is -2.57. The maximum atomic E-state index is 13.6. The Balaban J connectivity index is 1.48. The Bertz CT molecular complexity index is 885. The molecule has 4 fully saturated rings. The third-order valence-electron chi connectivity index (χ3n) is 6.89. The van der Waals surface area contributed by atoms with Gasteiger partial charge in [0.15, 0.2) is 0 Å². The van der Waals surface area contributed by atoms with E-state index >= 15 is 0 Å². The topological polar surface area (TPSA) is 58.2 Å². The van der Waals surface area contributed by atoms with E-state index in [4.69, 9.17) is 11.6 Å². The van der Waals surface area contributed by atoms with E-state index < -0.39 is 7.92 Å². The van der Waals surface area contributed by atoms with Crippen LogP contribution in [0.3, 0.4) is 0 Å². The number of halogens is 1. The maximum Gasteiger partial charge on any atom is 0.255 e. The molecule has 0 aromatic heterocycles. The smallest absolute Gasteiger partial charge is 0.255 e. The van der Waals surface area contributed by atoms with Crippen LogP contribution < -0.4 is 10.6 Å². The van der Waals surface area contributed by atoms with Gasteiger partial charge in [0.25, 0.3) is 11.3 Å². The highest BCUT2D eigenvalue weighted by Crippen LogP contribution is 2.71. The molecular formula is C24H26ClN2O2P.